The first-order valence-electron chi connectivity index (χ1n) is 22.1. The molecule has 10 nitrogen and oxygen atoms in total. The van der Waals surface area contributed by atoms with Crippen molar-refractivity contribution in [3.63, 3.8) is 0 Å². The summed E-state index contributed by atoms with van der Waals surface area (Å²) in [6.45, 7) is 4.06. The van der Waals surface area contributed by atoms with Gasteiger partial charge in [0.2, 0.25) is 0 Å². The number of hydrogen-bond donors (Lipinski definition) is 2. The quantitative estimate of drug-likeness (QED) is 0.0205. The third kappa shape index (κ3) is 42.8. The molecule has 2 N–H and O–H groups in total. The molecular weight excluding hydrogens is 766 g/mol. The predicted octanol–water partition coefficient (Wildman–Crippen LogP) is 11.5. The van der Waals surface area contributed by atoms with Crippen LogP contribution in [0.25, 0.3) is 0 Å². The van der Waals surface area contributed by atoms with Gasteiger partial charge in [-0.3, -0.25) is 18.6 Å². The van der Waals surface area contributed by atoms with Crippen molar-refractivity contribution in [3.05, 3.63) is 97.2 Å². The van der Waals surface area contributed by atoms with Crippen molar-refractivity contribution in [1.82, 2.24) is 0 Å². The van der Waals surface area contributed by atoms with Crippen LogP contribution in [0.3, 0.4) is 0 Å². The standard InChI is InChI=1S/C48H80NO9P/c1-6-8-10-11-12-13-14-15-16-17-18-19-24-27-30-33-36-40-48(52)58-46(44-57-59(53,54)56-42-41-49(3,4)5)43-55-47(51)39-35-32-29-26-23-21-20-22-25-28-31-34-38-45(50)37-9-7-2/h12-13,15-16,18-21,25-30,34,38,45-46,50H,6-11,14,17,22-24,31-33,35-37,39-44H2,1-5H3/p+1/b13-12-,16-15-,19-18-,21-20-,28-25-,29-26-,30-27-,38-34-/t45-,46+/m0/s1. The summed E-state index contributed by atoms with van der Waals surface area (Å²) in [6, 6.07) is 0. The lowest BCUT2D eigenvalue weighted by Gasteiger charge is -2.24. The first-order valence-corrected chi connectivity index (χ1v) is 23.5. The number of aliphatic hydroxyl groups excluding tert-OH is 1. The second kappa shape index (κ2) is 39.1. The fraction of sp³-hybridized carbons (Fsp3) is 0.625. The van der Waals surface area contributed by atoms with E-state index in [9.17, 15) is 24.2 Å². The van der Waals surface area contributed by atoms with Crippen molar-refractivity contribution in [2.75, 3.05) is 47.5 Å². The van der Waals surface area contributed by atoms with Crippen molar-refractivity contribution in [2.45, 2.75) is 148 Å². The Morgan fingerprint density at radius 1 is 0.593 bits per heavy atom. The monoisotopic (exact) mass is 847 g/mol. The number of carbonyl (C=O) groups is 2. The second-order valence-electron chi connectivity index (χ2n) is 15.5. The van der Waals surface area contributed by atoms with Crippen LogP contribution < -0.4 is 0 Å². The molecule has 0 aromatic carbocycles. The Morgan fingerprint density at radius 2 is 1.05 bits per heavy atom. The van der Waals surface area contributed by atoms with Crippen molar-refractivity contribution in [1.29, 1.82) is 0 Å². The lowest BCUT2D eigenvalue weighted by atomic mass is 10.1. The van der Waals surface area contributed by atoms with Crippen molar-refractivity contribution in [2.24, 2.45) is 0 Å². The Labute approximate surface area is 358 Å². The number of phosphoric acid groups is 1. The molecule has 11 heteroatoms. The molecule has 0 aliphatic heterocycles. The molecule has 1 unspecified atom stereocenters. The Hall–Kier alpha value is -3.11. The number of likely N-dealkylation sites (N-methyl/N-ethyl adjacent to an activating group) is 1. The molecule has 0 amide bonds. The largest absolute Gasteiger partial charge is 0.472 e. The number of carbonyl (C=O) groups excluding carboxylic acids is 2. The average molecular weight is 847 g/mol. The molecule has 0 radical (unpaired) electrons. The minimum Gasteiger partial charge on any atom is -0.462 e. The summed E-state index contributed by atoms with van der Waals surface area (Å²) in [5.41, 5.74) is 0. The maximum atomic E-state index is 12.7. The summed E-state index contributed by atoms with van der Waals surface area (Å²) >= 11 is 0. The van der Waals surface area contributed by atoms with Gasteiger partial charge in [0, 0.05) is 12.8 Å². The average Bonchev–Trinajstić information content (AvgIpc) is 3.18. The van der Waals surface area contributed by atoms with Crippen LogP contribution in [0.5, 0.6) is 0 Å². The molecule has 0 saturated carbocycles. The van der Waals surface area contributed by atoms with E-state index in [1.54, 1.807) is 0 Å². The number of nitrogens with zero attached hydrogens (tertiary/aromatic N) is 1. The Bertz CT molecular complexity index is 1340. The molecule has 0 aromatic rings. The highest BCUT2D eigenvalue weighted by Crippen LogP contribution is 2.43. The zero-order chi connectivity index (χ0) is 43.7. The predicted molar refractivity (Wildman–Crippen MR) is 244 cm³/mol. The van der Waals surface area contributed by atoms with E-state index in [4.69, 9.17) is 18.5 Å². The zero-order valence-corrected chi connectivity index (χ0v) is 38.2. The van der Waals surface area contributed by atoms with Crippen LogP contribution in [-0.2, 0) is 32.7 Å². The Balaban J connectivity index is 4.60. The molecule has 3 atom stereocenters. The van der Waals surface area contributed by atoms with Crippen LogP contribution in [0.1, 0.15) is 136 Å². The molecule has 336 valence electrons. The van der Waals surface area contributed by atoms with E-state index < -0.39 is 32.5 Å². The van der Waals surface area contributed by atoms with Gasteiger partial charge in [-0.15, -0.1) is 0 Å². The van der Waals surface area contributed by atoms with Crippen LogP contribution in [0, 0.1) is 0 Å². The summed E-state index contributed by atoms with van der Waals surface area (Å²) in [5.74, 6) is -0.964. The number of quaternary nitrogens is 1. The highest BCUT2D eigenvalue weighted by atomic mass is 31.2. The highest BCUT2D eigenvalue weighted by Gasteiger charge is 2.27. The van der Waals surface area contributed by atoms with Gasteiger partial charge in [0.25, 0.3) is 0 Å². The van der Waals surface area contributed by atoms with Gasteiger partial charge < -0.3 is 24.0 Å². The van der Waals surface area contributed by atoms with Gasteiger partial charge in [-0.25, -0.2) is 4.57 Å². The molecule has 0 aromatic heterocycles. The van der Waals surface area contributed by atoms with E-state index in [1.165, 1.54) is 19.3 Å². The zero-order valence-electron chi connectivity index (χ0n) is 37.3. The number of aliphatic hydroxyl groups is 1. The van der Waals surface area contributed by atoms with E-state index >= 15 is 0 Å². The van der Waals surface area contributed by atoms with E-state index in [1.807, 2.05) is 45.4 Å². The van der Waals surface area contributed by atoms with Crippen molar-refractivity contribution < 1.29 is 47.2 Å². The molecule has 0 rings (SSSR count). The van der Waals surface area contributed by atoms with E-state index in [2.05, 4.69) is 86.8 Å². The normalized spacial score (nSPS) is 15.0. The van der Waals surface area contributed by atoms with Gasteiger partial charge in [-0.05, 0) is 83.5 Å². The molecule has 0 aliphatic rings. The molecular formula is C48H81NO9P+. The van der Waals surface area contributed by atoms with Crippen LogP contribution in [-0.4, -0.2) is 86.1 Å². The number of ether oxygens (including phenoxy) is 2. The fourth-order valence-electron chi connectivity index (χ4n) is 5.13. The SMILES string of the molecule is CCCCC/C=C\C/C=C\C/C=C\C/C=C\CCCC(=O)O[C@H](COC(=O)CCC/C=C\C/C=C\C/C=C\C/C=C\[C@@H](O)CCCC)COP(=O)(O)OCC[N+](C)(C)C. The summed E-state index contributed by atoms with van der Waals surface area (Å²) in [4.78, 5) is 35.3. The Kier molecular flexibility index (Phi) is 37.0. The number of allylic oxidation sites excluding steroid dienone is 15. The van der Waals surface area contributed by atoms with Crippen molar-refractivity contribution in [3.8, 4) is 0 Å². The van der Waals surface area contributed by atoms with Gasteiger partial charge in [-0.2, -0.15) is 0 Å². The first-order chi connectivity index (χ1) is 28.4. The molecule has 0 heterocycles. The topological polar surface area (TPSA) is 129 Å². The van der Waals surface area contributed by atoms with E-state index in [0.29, 0.717) is 36.7 Å². The molecule has 0 aliphatic carbocycles. The number of hydrogen-bond acceptors (Lipinski definition) is 8. The maximum Gasteiger partial charge on any atom is 0.472 e. The van der Waals surface area contributed by atoms with Gasteiger partial charge in [0.05, 0.1) is 33.9 Å². The summed E-state index contributed by atoms with van der Waals surface area (Å²) in [7, 11) is 1.37. The molecule has 59 heavy (non-hydrogen) atoms. The van der Waals surface area contributed by atoms with Crippen LogP contribution in [0.4, 0.5) is 0 Å². The van der Waals surface area contributed by atoms with Gasteiger partial charge in [0.15, 0.2) is 6.10 Å². The number of rotatable bonds is 38. The van der Waals surface area contributed by atoms with Crippen LogP contribution in [0.2, 0.25) is 0 Å². The lowest BCUT2D eigenvalue weighted by molar-refractivity contribution is -0.870. The lowest BCUT2D eigenvalue weighted by Crippen LogP contribution is -2.37. The smallest absolute Gasteiger partial charge is 0.462 e. The second-order valence-corrected chi connectivity index (χ2v) is 17.0. The number of esters is 2. The van der Waals surface area contributed by atoms with Crippen molar-refractivity contribution >= 4 is 19.8 Å². The van der Waals surface area contributed by atoms with Gasteiger partial charge in [0.1, 0.15) is 19.8 Å². The van der Waals surface area contributed by atoms with Gasteiger partial charge >= 0.3 is 19.8 Å². The third-order valence-corrected chi connectivity index (χ3v) is 9.64. The van der Waals surface area contributed by atoms with Gasteiger partial charge in [-0.1, -0.05) is 137 Å². The summed E-state index contributed by atoms with van der Waals surface area (Å²) in [6.07, 6.45) is 48.1. The summed E-state index contributed by atoms with van der Waals surface area (Å²) in [5, 5.41) is 9.82. The Morgan fingerprint density at radius 3 is 1.54 bits per heavy atom. The molecule has 0 bridgehead atoms. The first kappa shape index (κ1) is 55.9. The van der Waals surface area contributed by atoms with E-state index in [-0.39, 0.29) is 32.2 Å². The number of phosphoric ester groups is 1. The number of unbranched alkanes of at least 4 members (excludes halogenated alkanes) is 6. The molecule has 0 spiro atoms. The van der Waals surface area contributed by atoms with Crippen LogP contribution in [0.15, 0.2) is 97.2 Å². The fourth-order valence-corrected chi connectivity index (χ4v) is 5.87. The maximum absolute atomic E-state index is 12.7. The van der Waals surface area contributed by atoms with E-state index in [0.717, 1.165) is 64.2 Å². The molecule has 0 saturated heterocycles. The van der Waals surface area contributed by atoms with Crippen LogP contribution >= 0.6 is 7.82 Å². The highest BCUT2D eigenvalue weighted by molar-refractivity contribution is 7.47. The minimum atomic E-state index is -4.42. The third-order valence-electron chi connectivity index (χ3n) is 8.66. The summed E-state index contributed by atoms with van der Waals surface area (Å²) < 4.78 is 34.1. The molecule has 0 fully saturated rings. The minimum absolute atomic E-state index is 0.000669.